The minimum atomic E-state index is -0.129. The van der Waals surface area contributed by atoms with Gasteiger partial charge in [-0.15, -0.1) is 0 Å². The van der Waals surface area contributed by atoms with Crippen LogP contribution in [0.15, 0.2) is 0 Å². The quantitative estimate of drug-likeness (QED) is 0.542. The fourth-order valence-corrected chi connectivity index (χ4v) is 12.5. The van der Waals surface area contributed by atoms with Gasteiger partial charge in [0.1, 0.15) is 0 Å². The maximum absolute atomic E-state index is 13.7. The smallest absolute Gasteiger partial charge is 0.223 e. The number of carbonyl (C=O) groups excluding carboxylic acids is 2. The molecule has 0 radical (unpaired) electrons. The Morgan fingerprint density at radius 2 is 1.57 bits per heavy atom. The molecule has 4 heteroatoms. The highest BCUT2D eigenvalue weighted by Crippen LogP contribution is 2.67. The highest BCUT2D eigenvalue weighted by molar-refractivity contribution is 5.78. The van der Waals surface area contributed by atoms with Gasteiger partial charge in [0, 0.05) is 24.9 Å². The van der Waals surface area contributed by atoms with Crippen molar-refractivity contribution >= 4 is 11.8 Å². The van der Waals surface area contributed by atoms with Crippen LogP contribution >= 0.6 is 0 Å². The Bertz CT molecular complexity index is 872. The van der Waals surface area contributed by atoms with E-state index in [1.165, 1.54) is 70.6 Å². The average Bonchev–Trinajstić information content (AvgIpc) is 3.15. The minimum absolute atomic E-state index is 0.129. The van der Waals surface area contributed by atoms with Crippen LogP contribution in [0, 0.1) is 58.2 Å². The molecule has 1 saturated heterocycles. The molecule has 194 valence electrons. The molecule has 0 aromatic rings. The molecule has 8 aliphatic rings. The number of piperidine rings is 1. The monoisotopic (exact) mass is 480 g/mol. The molecule has 0 aromatic heterocycles. The third kappa shape index (κ3) is 3.29. The van der Waals surface area contributed by atoms with Gasteiger partial charge in [0.05, 0.1) is 0 Å². The number of hydrogen-bond acceptors (Lipinski definition) is 2. The molecule has 4 bridgehead atoms. The summed E-state index contributed by atoms with van der Waals surface area (Å²) in [5.74, 6) is 6.99. The first-order valence-electron chi connectivity index (χ1n) is 15.4. The Balaban J connectivity index is 1.15. The lowest BCUT2D eigenvalue weighted by molar-refractivity contribution is -0.183. The normalized spacial score (nSPS) is 54.3. The Morgan fingerprint density at radius 1 is 0.886 bits per heavy atom. The number of carbonyl (C=O) groups is 2. The second-order valence-corrected chi connectivity index (χ2v) is 15.0. The van der Waals surface area contributed by atoms with E-state index in [1.54, 1.807) is 0 Å². The van der Waals surface area contributed by atoms with Crippen molar-refractivity contribution in [3.05, 3.63) is 0 Å². The van der Waals surface area contributed by atoms with Gasteiger partial charge in [-0.05, 0) is 142 Å². The Kier molecular flexibility index (Phi) is 5.26. The largest absolute Gasteiger partial charge is 0.370 e. The highest BCUT2D eigenvalue weighted by Gasteiger charge is 2.63. The van der Waals surface area contributed by atoms with Gasteiger partial charge in [-0.3, -0.25) is 9.59 Å². The SMILES string of the molecule is C[C@]12CC[C@H]3[C@@H](CC[C@H]4N(C5C6CC7CC(C6)CC5C7)C(=O)CC[C@]34C)[C@@H]1CC[C@@H]2CCC(N)=O. The summed E-state index contributed by atoms with van der Waals surface area (Å²) >= 11 is 0. The number of primary amides is 1. The lowest BCUT2D eigenvalue weighted by Crippen LogP contribution is -2.68. The van der Waals surface area contributed by atoms with E-state index in [0.717, 1.165) is 60.7 Å². The predicted molar refractivity (Wildman–Crippen MR) is 137 cm³/mol. The van der Waals surface area contributed by atoms with Crippen LogP contribution in [0.2, 0.25) is 0 Å². The fourth-order valence-electron chi connectivity index (χ4n) is 12.5. The molecule has 2 N–H and O–H groups in total. The summed E-state index contributed by atoms with van der Waals surface area (Å²) < 4.78 is 0. The van der Waals surface area contributed by atoms with Crippen LogP contribution in [0.1, 0.15) is 110 Å². The molecule has 4 nitrogen and oxygen atoms in total. The van der Waals surface area contributed by atoms with Gasteiger partial charge < -0.3 is 10.6 Å². The number of nitrogens with zero attached hydrogens (tertiary/aromatic N) is 1. The molecule has 0 aromatic carbocycles. The van der Waals surface area contributed by atoms with Crippen LogP contribution in [0.25, 0.3) is 0 Å². The first kappa shape index (κ1) is 23.1. The lowest BCUT2D eigenvalue weighted by atomic mass is 9.46. The fraction of sp³-hybridized carbons (Fsp3) is 0.935. The van der Waals surface area contributed by atoms with E-state index in [9.17, 15) is 9.59 Å². The molecule has 7 atom stereocenters. The summed E-state index contributed by atoms with van der Waals surface area (Å²) in [5, 5.41) is 0. The third-order valence-electron chi connectivity index (χ3n) is 13.8. The molecule has 35 heavy (non-hydrogen) atoms. The summed E-state index contributed by atoms with van der Waals surface area (Å²) in [6.45, 7) is 5.18. The van der Waals surface area contributed by atoms with Crippen LogP contribution in [-0.2, 0) is 9.59 Å². The maximum atomic E-state index is 13.7. The Morgan fingerprint density at radius 3 is 2.26 bits per heavy atom. The predicted octanol–water partition coefficient (Wildman–Crippen LogP) is 5.93. The Hall–Kier alpha value is -1.06. The minimum Gasteiger partial charge on any atom is -0.370 e. The van der Waals surface area contributed by atoms with Crippen molar-refractivity contribution in [2.24, 2.45) is 63.9 Å². The number of amides is 2. The van der Waals surface area contributed by atoms with E-state index in [0.29, 0.717) is 41.2 Å². The second-order valence-electron chi connectivity index (χ2n) is 15.0. The Labute approximate surface area is 212 Å². The van der Waals surface area contributed by atoms with Crippen molar-refractivity contribution in [1.29, 1.82) is 0 Å². The molecule has 8 fully saturated rings. The lowest BCUT2D eigenvalue weighted by Gasteiger charge is -2.66. The zero-order valence-corrected chi connectivity index (χ0v) is 22.2. The van der Waals surface area contributed by atoms with Gasteiger partial charge in [0.15, 0.2) is 0 Å². The molecular formula is C31H48N2O2. The summed E-state index contributed by atoms with van der Waals surface area (Å²) in [5.41, 5.74) is 6.23. The van der Waals surface area contributed by atoms with Crippen LogP contribution in [0.5, 0.6) is 0 Å². The summed E-state index contributed by atoms with van der Waals surface area (Å²) in [4.78, 5) is 27.8. The van der Waals surface area contributed by atoms with Gasteiger partial charge >= 0.3 is 0 Å². The molecule has 0 unspecified atom stereocenters. The van der Waals surface area contributed by atoms with Crippen molar-refractivity contribution < 1.29 is 9.59 Å². The zero-order valence-electron chi connectivity index (χ0n) is 22.2. The molecule has 1 heterocycles. The molecule has 2 amide bonds. The standard InChI is InChI=1S/C31H48N2O2/c1-30-11-9-25-23(24(30)6-3-22(30)4-8-27(32)34)5-7-26-31(25,2)12-10-28(35)33(26)29-20-14-18-13-19(16-20)17-21(29)15-18/h18-26,29H,3-17H2,1-2H3,(H2,32,34)/t18?,19?,20?,21?,22-,23+,24+,25+,26-,29?,30-,31-/m1/s1. The van der Waals surface area contributed by atoms with Crippen LogP contribution < -0.4 is 5.73 Å². The van der Waals surface area contributed by atoms with E-state index < -0.39 is 0 Å². The average molecular weight is 481 g/mol. The van der Waals surface area contributed by atoms with Crippen LogP contribution in [-0.4, -0.2) is 28.8 Å². The molecule has 7 aliphatic carbocycles. The molecule has 1 aliphatic heterocycles. The summed E-state index contributed by atoms with van der Waals surface area (Å²) in [6.07, 6.45) is 18.4. The highest BCUT2D eigenvalue weighted by atomic mass is 16.2. The molecular weight excluding hydrogens is 432 g/mol. The van der Waals surface area contributed by atoms with E-state index in [1.807, 2.05) is 0 Å². The molecule has 0 spiro atoms. The number of likely N-dealkylation sites (tertiary alicyclic amines) is 1. The van der Waals surface area contributed by atoms with E-state index in [-0.39, 0.29) is 5.91 Å². The van der Waals surface area contributed by atoms with Crippen LogP contribution in [0.3, 0.4) is 0 Å². The van der Waals surface area contributed by atoms with Crippen molar-refractivity contribution in [3.8, 4) is 0 Å². The van der Waals surface area contributed by atoms with Crippen LogP contribution in [0.4, 0.5) is 0 Å². The molecule has 8 rings (SSSR count). The number of nitrogens with two attached hydrogens (primary N) is 1. The topological polar surface area (TPSA) is 63.4 Å². The number of fused-ring (bicyclic) bond motifs is 5. The van der Waals surface area contributed by atoms with Crippen molar-refractivity contribution in [1.82, 2.24) is 4.90 Å². The van der Waals surface area contributed by atoms with Gasteiger partial charge in [-0.2, -0.15) is 0 Å². The second kappa shape index (κ2) is 7.97. The maximum Gasteiger partial charge on any atom is 0.223 e. The summed E-state index contributed by atoms with van der Waals surface area (Å²) in [6, 6.07) is 1.05. The van der Waals surface area contributed by atoms with Gasteiger partial charge in [-0.1, -0.05) is 13.8 Å². The summed E-state index contributed by atoms with van der Waals surface area (Å²) in [7, 11) is 0. The van der Waals surface area contributed by atoms with Crippen molar-refractivity contribution in [3.63, 3.8) is 0 Å². The van der Waals surface area contributed by atoms with E-state index >= 15 is 0 Å². The zero-order chi connectivity index (χ0) is 24.1. The molecule has 7 saturated carbocycles. The third-order valence-corrected chi connectivity index (χ3v) is 13.8. The first-order valence-corrected chi connectivity index (χ1v) is 15.4. The van der Waals surface area contributed by atoms with Gasteiger partial charge in [-0.25, -0.2) is 0 Å². The van der Waals surface area contributed by atoms with Gasteiger partial charge in [0.25, 0.3) is 0 Å². The van der Waals surface area contributed by atoms with Gasteiger partial charge in [0.2, 0.25) is 11.8 Å². The van der Waals surface area contributed by atoms with E-state index in [4.69, 9.17) is 5.73 Å². The van der Waals surface area contributed by atoms with E-state index in [2.05, 4.69) is 18.7 Å². The number of hydrogen-bond donors (Lipinski definition) is 1. The first-order chi connectivity index (χ1) is 16.8. The number of rotatable bonds is 4. The van der Waals surface area contributed by atoms with Crippen molar-refractivity contribution in [2.45, 2.75) is 122 Å². The van der Waals surface area contributed by atoms with Crippen molar-refractivity contribution in [2.75, 3.05) is 0 Å².